The molecule has 0 unspecified atom stereocenters. The topological polar surface area (TPSA) is 54.3 Å². The van der Waals surface area contributed by atoms with Crippen LogP contribution in [0.3, 0.4) is 0 Å². The zero-order valence-corrected chi connectivity index (χ0v) is 13.8. The highest BCUT2D eigenvalue weighted by molar-refractivity contribution is 5.95. The molecule has 23 heavy (non-hydrogen) atoms. The summed E-state index contributed by atoms with van der Waals surface area (Å²) in [5, 5.41) is 4.33. The molecule has 0 N–H and O–H groups in total. The number of carbonyl (C=O) groups is 1. The highest BCUT2D eigenvalue weighted by Crippen LogP contribution is 2.17. The molecule has 0 atom stereocenters. The molecule has 2 aromatic heterocycles. The molecule has 1 fully saturated rings. The number of aryl methyl sites for hydroxylation is 1. The van der Waals surface area contributed by atoms with E-state index in [-0.39, 0.29) is 5.91 Å². The van der Waals surface area contributed by atoms with Gasteiger partial charge in [-0.3, -0.25) is 14.5 Å². The van der Waals surface area contributed by atoms with Crippen LogP contribution in [0.2, 0.25) is 0 Å². The number of piperazine rings is 1. The van der Waals surface area contributed by atoms with Crippen LogP contribution in [0.5, 0.6) is 0 Å². The van der Waals surface area contributed by atoms with Gasteiger partial charge in [0.25, 0.3) is 5.91 Å². The number of anilines is 1. The van der Waals surface area contributed by atoms with Gasteiger partial charge in [0, 0.05) is 44.6 Å². The average Bonchev–Trinajstić information content (AvgIpc) is 2.96. The quantitative estimate of drug-likeness (QED) is 0.866. The van der Waals surface area contributed by atoms with Gasteiger partial charge < -0.3 is 9.80 Å². The standard InChI is InChI=1S/C17H23N5O/c1-3-7-22-14(2)16(13-19-22)17(23)21-10-8-20(9-11-21)15-5-4-6-18-12-15/h4-6,12-13H,3,7-11H2,1-2H3. The molecular weight excluding hydrogens is 290 g/mol. The van der Waals surface area contributed by atoms with Crippen LogP contribution in [0.4, 0.5) is 5.69 Å². The van der Waals surface area contributed by atoms with E-state index in [0.29, 0.717) is 0 Å². The SMILES string of the molecule is CCCn1ncc(C(=O)N2CCN(c3cccnc3)CC2)c1C. The first-order valence-electron chi connectivity index (χ1n) is 8.17. The molecule has 3 rings (SSSR count). The van der Waals surface area contributed by atoms with Crippen LogP contribution in [0, 0.1) is 6.92 Å². The molecule has 3 heterocycles. The molecule has 0 aromatic carbocycles. The lowest BCUT2D eigenvalue weighted by atomic mass is 10.2. The number of rotatable bonds is 4. The van der Waals surface area contributed by atoms with Crippen molar-refractivity contribution in [3.63, 3.8) is 0 Å². The summed E-state index contributed by atoms with van der Waals surface area (Å²) < 4.78 is 1.92. The lowest BCUT2D eigenvalue weighted by molar-refractivity contribution is 0.0746. The Hall–Kier alpha value is -2.37. The Morgan fingerprint density at radius 3 is 2.65 bits per heavy atom. The maximum absolute atomic E-state index is 12.7. The van der Waals surface area contributed by atoms with Crippen molar-refractivity contribution in [3.05, 3.63) is 42.0 Å². The minimum absolute atomic E-state index is 0.0932. The van der Waals surface area contributed by atoms with Crippen LogP contribution in [-0.4, -0.2) is 51.8 Å². The minimum Gasteiger partial charge on any atom is -0.367 e. The maximum Gasteiger partial charge on any atom is 0.257 e. The molecular formula is C17H23N5O. The van der Waals surface area contributed by atoms with E-state index in [1.807, 2.05) is 28.8 Å². The van der Waals surface area contributed by atoms with Gasteiger partial charge in [0.05, 0.1) is 23.6 Å². The number of aromatic nitrogens is 3. The van der Waals surface area contributed by atoms with Crippen molar-refractivity contribution in [1.29, 1.82) is 0 Å². The third-order valence-corrected chi connectivity index (χ3v) is 4.35. The minimum atomic E-state index is 0.0932. The van der Waals surface area contributed by atoms with E-state index in [1.54, 1.807) is 12.4 Å². The largest absolute Gasteiger partial charge is 0.367 e. The van der Waals surface area contributed by atoms with E-state index in [4.69, 9.17) is 0 Å². The Bertz CT molecular complexity index is 659. The van der Waals surface area contributed by atoms with Gasteiger partial charge in [-0.15, -0.1) is 0 Å². The van der Waals surface area contributed by atoms with Crippen LogP contribution in [-0.2, 0) is 6.54 Å². The first-order valence-corrected chi connectivity index (χ1v) is 8.17. The Morgan fingerprint density at radius 1 is 1.22 bits per heavy atom. The molecule has 0 spiro atoms. The van der Waals surface area contributed by atoms with Crippen molar-refractivity contribution in [2.24, 2.45) is 0 Å². The molecule has 1 aliphatic rings. The summed E-state index contributed by atoms with van der Waals surface area (Å²) in [5.41, 5.74) is 2.81. The number of amides is 1. The third kappa shape index (κ3) is 3.21. The molecule has 0 saturated carbocycles. The van der Waals surface area contributed by atoms with E-state index in [1.165, 1.54) is 0 Å². The second kappa shape index (κ2) is 6.81. The summed E-state index contributed by atoms with van der Waals surface area (Å²) in [6, 6.07) is 4.00. The summed E-state index contributed by atoms with van der Waals surface area (Å²) in [6.45, 7) is 8.06. The van der Waals surface area contributed by atoms with Crippen molar-refractivity contribution in [2.45, 2.75) is 26.8 Å². The number of hydrogen-bond acceptors (Lipinski definition) is 4. The highest BCUT2D eigenvalue weighted by atomic mass is 16.2. The monoisotopic (exact) mass is 313 g/mol. The predicted molar refractivity (Wildman–Crippen MR) is 89.6 cm³/mol. The van der Waals surface area contributed by atoms with Crippen molar-refractivity contribution >= 4 is 11.6 Å². The van der Waals surface area contributed by atoms with Crippen LogP contribution in [0.25, 0.3) is 0 Å². The lowest BCUT2D eigenvalue weighted by Gasteiger charge is -2.35. The van der Waals surface area contributed by atoms with Gasteiger partial charge in [0.15, 0.2) is 0 Å². The molecule has 2 aromatic rings. The summed E-state index contributed by atoms with van der Waals surface area (Å²) in [4.78, 5) is 21.1. The molecule has 6 heteroatoms. The van der Waals surface area contributed by atoms with Gasteiger partial charge in [-0.25, -0.2) is 0 Å². The van der Waals surface area contributed by atoms with Crippen molar-refractivity contribution in [2.75, 3.05) is 31.1 Å². The fourth-order valence-corrected chi connectivity index (χ4v) is 2.97. The van der Waals surface area contributed by atoms with Crippen molar-refractivity contribution in [3.8, 4) is 0 Å². The summed E-state index contributed by atoms with van der Waals surface area (Å²) in [6.07, 6.45) is 6.37. The lowest BCUT2D eigenvalue weighted by Crippen LogP contribution is -2.48. The molecule has 0 bridgehead atoms. The Morgan fingerprint density at radius 2 is 2.00 bits per heavy atom. The molecule has 1 amide bonds. The first-order chi connectivity index (χ1) is 11.2. The highest BCUT2D eigenvalue weighted by Gasteiger charge is 2.24. The molecule has 0 radical (unpaired) electrons. The Balaban J connectivity index is 1.64. The van der Waals surface area contributed by atoms with E-state index < -0.39 is 0 Å². The fraction of sp³-hybridized carbons (Fsp3) is 0.471. The zero-order chi connectivity index (χ0) is 16.2. The second-order valence-corrected chi connectivity index (χ2v) is 5.86. The fourth-order valence-electron chi connectivity index (χ4n) is 2.97. The van der Waals surface area contributed by atoms with Crippen LogP contribution < -0.4 is 4.90 Å². The van der Waals surface area contributed by atoms with Crippen LogP contribution in [0.15, 0.2) is 30.7 Å². The normalized spacial score (nSPS) is 15.0. The van der Waals surface area contributed by atoms with E-state index in [9.17, 15) is 4.79 Å². The van der Waals surface area contributed by atoms with Gasteiger partial charge in [-0.05, 0) is 25.5 Å². The molecule has 6 nitrogen and oxygen atoms in total. The zero-order valence-electron chi connectivity index (χ0n) is 13.8. The van der Waals surface area contributed by atoms with Crippen LogP contribution in [0.1, 0.15) is 29.4 Å². The number of pyridine rings is 1. The summed E-state index contributed by atoms with van der Waals surface area (Å²) in [7, 11) is 0. The van der Waals surface area contributed by atoms with Crippen LogP contribution >= 0.6 is 0 Å². The molecule has 1 aliphatic heterocycles. The smallest absolute Gasteiger partial charge is 0.257 e. The van der Waals surface area contributed by atoms with Crippen molar-refractivity contribution in [1.82, 2.24) is 19.7 Å². The van der Waals surface area contributed by atoms with E-state index in [2.05, 4.69) is 28.0 Å². The number of nitrogens with zero attached hydrogens (tertiary/aromatic N) is 5. The second-order valence-electron chi connectivity index (χ2n) is 5.86. The van der Waals surface area contributed by atoms with E-state index in [0.717, 1.165) is 56.1 Å². The van der Waals surface area contributed by atoms with Gasteiger partial charge in [-0.1, -0.05) is 6.92 Å². The third-order valence-electron chi connectivity index (χ3n) is 4.35. The predicted octanol–water partition coefficient (Wildman–Crippen LogP) is 1.96. The number of hydrogen-bond donors (Lipinski definition) is 0. The van der Waals surface area contributed by atoms with Gasteiger partial charge >= 0.3 is 0 Å². The Kier molecular flexibility index (Phi) is 4.60. The summed E-state index contributed by atoms with van der Waals surface area (Å²) in [5.74, 6) is 0.0932. The molecule has 1 saturated heterocycles. The van der Waals surface area contributed by atoms with Gasteiger partial charge in [-0.2, -0.15) is 5.10 Å². The number of carbonyl (C=O) groups excluding carboxylic acids is 1. The molecule has 122 valence electrons. The van der Waals surface area contributed by atoms with Gasteiger partial charge in [0.1, 0.15) is 0 Å². The molecule has 0 aliphatic carbocycles. The van der Waals surface area contributed by atoms with Crippen molar-refractivity contribution < 1.29 is 4.79 Å². The average molecular weight is 313 g/mol. The Labute approximate surface area is 136 Å². The maximum atomic E-state index is 12.7. The van der Waals surface area contributed by atoms with Gasteiger partial charge in [0.2, 0.25) is 0 Å². The summed E-state index contributed by atoms with van der Waals surface area (Å²) >= 11 is 0. The van der Waals surface area contributed by atoms with E-state index >= 15 is 0 Å². The first kappa shape index (κ1) is 15.5.